The Morgan fingerprint density at radius 1 is 1.33 bits per heavy atom. The van der Waals surface area contributed by atoms with Gasteiger partial charge in [0.05, 0.1) is 0 Å². The second-order valence-corrected chi connectivity index (χ2v) is 3.73. The SMILES string of the molecule is C[C@H](OCC(=O)N1CCCCC1)C(=O)O. The van der Waals surface area contributed by atoms with Gasteiger partial charge in [-0.25, -0.2) is 4.79 Å². The maximum absolute atomic E-state index is 11.5. The predicted molar refractivity (Wildman–Crippen MR) is 53.5 cm³/mol. The van der Waals surface area contributed by atoms with E-state index in [0.29, 0.717) is 0 Å². The lowest BCUT2D eigenvalue weighted by atomic mass is 10.1. The highest BCUT2D eigenvalue weighted by molar-refractivity contribution is 5.78. The molecule has 0 aliphatic carbocycles. The quantitative estimate of drug-likeness (QED) is 0.741. The van der Waals surface area contributed by atoms with E-state index in [-0.39, 0.29) is 12.5 Å². The van der Waals surface area contributed by atoms with Gasteiger partial charge in [0.15, 0.2) is 6.10 Å². The number of hydrogen-bond donors (Lipinski definition) is 1. The van der Waals surface area contributed by atoms with Crippen molar-refractivity contribution >= 4 is 11.9 Å². The Balaban J connectivity index is 2.25. The van der Waals surface area contributed by atoms with Crippen molar-refractivity contribution in [3.63, 3.8) is 0 Å². The van der Waals surface area contributed by atoms with E-state index >= 15 is 0 Å². The molecule has 5 heteroatoms. The summed E-state index contributed by atoms with van der Waals surface area (Å²) < 4.78 is 4.93. The number of hydrogen-bond acceptors (Lipinski definition) is 3. The van der Waals surface area contributed by atoms with Gasteiger partial charge in [-0.1, -0.05) is 0 Å². The van der Waals surface area contributed by atoms with Crippen LogP contribution < -0.4 is 0 Å². The molecule has 1 fully saturated rings. The average molecular weight is 215 g/mol. The van der Waals surface area contributed by atoms with E-state index in [9.17, 15) is 9.59 Å². The fourth-order valence-corrected chi connectivity index (χ4v) is 1.50. The van der Waals surface area contributed by atoms with Crippen LogP contribution in [0.1, 0.15) is 26.2 Å². The summed E-state index contributed by atoms with van der Waals surface area (Å²) in [5.41, 5.74) is 0. The molecule has 0 radical (unpaired) electrons. The summed E-state index contributed by atoms with van der Waals surface area (Å²) in [5.74, 6) is -1.15. The first-order chi connectivity index (χ1) is 7.11. The largest absolute Gasteiger partial charge is 0.479 e. The van der Waals surface area contributed by atoms with Crippen LogP contribution >= 0.6 is 0 Å². The maximum Gasteiger partial charge on any atom is 0.332 e. The molecule has 86 valence electrons. The first-order valence-corrected chi connectivity index (χ1v) is 5.23. The molecule has 1 aliphatic rings. The summed E-state index contributed by atoms with van der Waals surface area (Å²) >= 11 is 0. The molecular formula is C10H17NO4. The zero-order chi connectivity index (χ0) is 11.3. The van der Waals surface area contributed by atoms with E-state index in [1.54, 1.807) is 4.90 Å². The monoisotopic (exact) mass is 215 g/mol. The van der Waals surface area contributed by atoms with Crippen LogP contribution in [-0.2, 0) is 14.3 Å². The fourth-order valence-electron chi connectivity index (χ4n) is 1.50. The molecule has 1 amide bonds. The predicted octanol–water partition coefficient (Wildman–Crippen LogP) is 0.489. The minimum atomic E-state index is -1.04. The molecule has 0 unspecified atom stereocenters. The number of likely N-dealkylation sites (tertiary alicyclic amines) is 1. The van der Waals surface area contributed by atoms with Gasteiger partial charge in [-0.3, -0.25) is 4.79 Å². The Morgan fingerprint density at radius 3 is 2.47 bits per heavy atom. The molecule has 0 aromatic heterocycles. The Bertz CT molecular complexity index is 236. The first kappa shape index (κ1) is 12.0. The van der Waals surface area contributed by atoms with E-state index in [2.05, 4.69) is 0 Å². The highest BCUT2D eigenvalue weighted by Crippen LogP contribution is 2.08. The number of carbonyl (C=O) groups is 2. The standard InChI is InChI=1S/C10H17NO4/c1-8(10(13)14)15-7-9(12)11-5-3-2-4-6-11/h8H,2-7H2,1H3,(H,13,14)/t8-/m0/s1. The van der Waals surface area contributed by atoms with Crippen molar-refractivity contribution in [1.82, 2.24) is 4.90 Å². The van der Waals surface area contributed by atoms with Gasteiger partial charge in [0.2, 0.25) is 5.91 Å². The minimum Gasteiger partial charge on any atom is -0.479 e. The summed E-state index contributed by atoms with van der Waals surface area (Å²) in [4.78, 5) is 23.7. The van der Waals surface area contributed by atoms with Crippen molar-refractivity contribution in [2.75, 3.05) is 19.7 Å². The van der Waals surface area contributed by atoms with Crippen LogP contribution in [-0.4, -0.2) is 47.7 Å². The van der Waals surface area contributed by atoms with Gasteiger partial charge in [0.25, 0.3) is 0 Å². The van der Waals surface area contributed by atoms with Crippen LogP contribution in [0.2, 0.25) is 0 Å². The zero-order valence-corrected chi connectivity index (χ0v) is 8.94. The number of carboxylic acids is 1. The fraction of sp³-hybridized carbons (Fsp3) is 0.800. The topological polar surface area (TPSA) is 66.8 Å². The molecule has 1 aliphatic heterocycles. The average Bonchev–Trinajstić information content (AvgIpc) is 2.26. The Hall–Kier alpha value is -1.10. The number of nitrogens with zero attached hydrogens (tertiary/aromatic N) is 1. The van der Waals surface area contributed by atoms with Gasteiger partial charge >= 0.3 is 5.97 Å². The Kier molecular flexibility index (Phi) is 4.55. The normalized spacial score (nSPS) is 18.6. The maximum atomic E-state index is 11.5. The lowest BCUT2D eigenvalue weighted by molar-refractivity contribution is -0.153. The van der Waals surface area contributed by atoms with E-state index in [1.165, 1.54) is 6.92 Å². The summed E-state index contributed by atoms with van der Waals surface area (Å²) in [7, 11) is 0. The first-order valence-electron chi connectivity index (χ1n) is 5.23. The van der Waals surface area contributed by atoms with E-state index in [4.69, 9.17) is 9.84 Å². The molecule has 0 saturated carbocycles. The Morgan fingerprint density at radius 2 is 1.93 bits per heavy atom. The summed E-state index contributed by atoms with van der Waals surface area (Å²) in [6.45, 7) is 2.83. The van der Waals surface area contributed by atoms with E-state index in [1.807, 2.05) is 0 Å². The summed E-state index contributed by atoms with van der Waals surface area (Å²) in [5, 5.41) is 8.56. The highest BCUT2D eigenvalue weighted by atomic mass is 16.5. The molecule has 0 spiro atoms. The molecule has 1 rings (SSSR count). The third-order valence-electron chi connectivity index (χ3n) is 2.51. The van der Waals surface area contributed by atoms with Gasteiger partial charge in [0.1, 0.15) is 6.61 Å². The molecule has 1 heterocycles. The molecule has 15 heavy (non-hydrogen) atoms. The van der Waals surface area contributed by atoms with Crippen LogP contribution in [0.25, 0.3) is 0 Å². The summed E-state index contributed by atoms with van der Waals surface area (Å²) in [6.07, 6.45) is 2.30. The molecule has 0 bridgehead atoms. The Labute approximate surface area is 89.0 Å². The number of ether oxygens (including phenoxy) is 1. The zero-order valence-electron chi connectivity index (χ0n) is 8.94. The van der Waals surface area contributed by atoms with Crippen LogP contribution in [0.3, 0.4) is 0 Å². The molecule has 0 aromatic rings. The van der Waals surface area contributed by atoms with Crippen LogP contribution in [0.5, 0.6) is 0 Å². The molecule has 0 aromatic carbocycles. The van der Waals surface area contributed by atoms with Crippen molar-refractivity contribution in [2.45, 2.75) is 32.3 Å². The molecule has 1 N–H and O–H groups in total. The highest BCUT2D eigenvalue weighted by Gasteiger charge is 2.19. The van der Waals surface area contributed by atoms with Gasteiger partial charge in [-0.05, 0) is 26.2 Å². The number of carboxylic acid groups (broad SMARTS) is 1. The van der Waals surface area contributed by atoms with Crippen molar-refractivity contribution in [1.29, 1.82) is 0 Å². The molecule has 1 atom stereocenters. The lowest BCUT2D eigenvalue weighted by Gasteiger charge is -2.26. The van der Waals surface area contributed by atoms with Gasteiger partial charge in [0, 0.05) is 13.1 Å². The van der Waals surface area contributed by atoms with Gasteiger partial charge < -0.3 is 14.7 Å². The number of piperidine rings is 1. The number of carbonyl (C=O) groups excluding carboxylic acids is 1. The summed E-state index contributed by atoms with van der Waals surface area (Å²) in [6, 6.07) is 0. The molecule has 1 saturated heterocycles. The second kappa shape index (κ2) is 5.70. The third-order valence-corrected chi connectivity index (χ3v) is 2.51. The third kappa shape index (κ3) is 3.87. The van der Waals surface area contributed by atoms with Crippen LogP contribution in [0.15, 0.2) is 0 Å². The van der Waals surface area contributed by atoms with Gasteiger partial charge in [-0.2, -0.15) is 0 Å². The molecular weight excluding hydrogens is 198 g/mol. The smallest absolute Gasteiger partial charge is 0.332 e. The number of amides is 1. The second-order valence-electron chi connectivity index (χ2n) is 3.73. The van der Waals surface area contributed by atoms with Crippen molar-refractivity contribution < 1.29 is 19.4 Å². The molecule has 5 nitrogen and oxygen atoms in total. The van der Waals surface area contributed by atoms with Crippen molar-refractivity contribution in [3.05, 3.63) is 0 Å². The minimum absolute atomic E-state index is 0.109. The van der Waals surface area contributed by atoms with Crippen LogP contribution in [0.4, 0.5) is 0 Å². The van der Waals surface area contributed by atoms with Crippen molar-refractivity contribution in [2.24, 2.45) is 0 Å². The van der Waals surface area contributed by atoms with Crippen LogP contribution in [0, 0.1) is 0 Å². The van der Waals surface area contributed by atoms with E-state index in [0.717, 1.165) is 32.4 Å². The number of rotatable bonds is 4. The van der Waals surface area contributed by atoms with E-state index < -0.39 is 12.1 Å². The number of aliphatic carboxylic acids is 1. The van der Waals surface area contributed by atoms with Gasteiger partial charge in [-0.15, -0.1) is 0 Å². The van der Waals surface area contributed by atoms with Crippen molar-refractivity contribution in [3.8, 4) is 0 Å². The lowest BCUT2D eigenvalue weighted by Crippen LogP contribution is -2.39.